The van der Waals surface area contributed by atoms with Crippen LogP contribution in [0.25, 0.3) is 16.7 Å². The number of aromatic nitrogens is 2. The molecule has 3 aromatic rings. The average molecular weight is 267 g/mol. The van der Waals surface area contributed by atoms with Gasteiger partial charge in [-0.05, 0) is 30.2 Å². The molecule has 1 heterocycles. The van der Waals surface area contributed by atoms with E-state index >= 15 is 0 Å². The number of aryl methyl sites for hydroxylation is 1. The lowest BCUT2D eigenvalue weighted by Gasteiger charge is -2.11. The molecule has 0 fully saturated rings. The summed E-state index contributed by atoms with van der Waals surface area (Å²) in [5.41, 5.74) is 10.3. The summed E-state index contributed by atoms with van der Waals surface area (Å²) >= 11 is 0. The molecule has 0 aliphatic carbocycles. The molecular formula is C16H17N3O. The minimum atomic E-state index is 0.495. The second-order valence-electron chi connectivity index (χ2n) is 4.64. The van der Waals surface area contributed by atoms with Crippen LogP contribution < -0.4 is 10.5 Å². The van der Waals surface area contributed by atoms with Crippen LogP contribution in [0, 0.1) is 0 Å². The van der Waals surface area contributed by atoms with E-state index in [-0.39, 0.29) is 0 Å². The number of nitrogens with two attached hydrogens (primary N) is 1. The van der Waals surface area contributed by atoms with Crippen LogP contribution in [-0.2, 0) is 6.42 Å². The van der Waals surface area contributed by atoms with Gasteiger partial charge in [-0.2, -0.15) is 0 Å². The molecule has 102 valence electrons. The van der Waals surface area contributed by atoms with Gasteiger partial charge in [-0.15, -0.1) is 0 Å². The first kappa shape index (κ1) is 12.5. The molecule has 0 saturated heterocycles. The predicted octanol–water partition coefficient (Wildman–Crippen LogP) is 3.18. The number of ether oxygens (including phenoxy) is 1. The van der Waals surface area contributed by atoms with E-state index in [9.17, 15) is 0 Å². The van der Waals surface area contributed by atoms with Crippen molar-refractivity contribution < 1.29 is 4.74 Å². The normalized spacial score (nSPS) is 10.9. The molecule has 0 aliphatic heterocycles. The molecule has 4 nitrogen and oxygen atoms in total. The Bertz CT molecular complexity index is 762. The Labute approximate surface area is 117 Å². The van der Waals surface area contributed by atoms with Gasteiger partial charge in [0.1, 0.15) is 5.75 Å². The number of nitrogens with zero attached hydrogens (tertiary/aromatic N) is 2. The summed E-state index contributed by atoms with van der Waals surface area (Å²) in [6.45, 7) is 2.13. The summed E-state index contributed by atoms with van der Waals surface area (Å²) in [7, 11) is 1.66. The smallest absolute Gasteiger partial charge is 0.205 e. The Balaban J connectivity index is 2.32. The molecule has 4 heteroatoms. The molecule has 0 amide bonds. The topological polar surface area (TPSA) is 53.1 Å². The first-order chi connectivity index (χ1) is 9.74. The number of benzene rings is 2. The van der Waals surface area contributed by atoms with E-state index in [1.54, 1.807) is 7.11 Å². The maximum Gasteiger partial charge on any atom is 0.205 e. The SMILES string of the molecule is CCc1ccccc1-n1c(N)nc2ccc(OC)cc21. The molecular weight excluding hydrogens is 250 g/mol. The fraction of sp³-hybridized carbons (Fsp3) is 0.188. The summed E-state index contributed by atoms with van der Waals surface area (Å²) in [4.78, 5) is 4.43. The van der Waals surface area contributed by atoms with Gasteiger partial charge in [-0.25, -0.2) is 4.98 Å². The largest absolute Gasteiger partial charge is 0.497 e. The predicted molar refractivity (Wildman–Crippen MR) is 81.4 cm³/mol. The molecule has 2 aromatic carbocycles. The highest BCUT2D eigenvalue weighted by molar-refractivity contribution is 5.82. The van der Waals surface area contributed by atoms with Crippen molar-refractivity contribution in [3.8, 4) is 11.4 Å². The van der Waals surface area contributed by atoms with Crippen LogP contribution in [0.15, 0.2) is 42.5 Å². The number of anilines is 1. The van der Waals surface area contributed by atoms with Crippen molar-refractivity contribution in [2.75, 3.05) is 12.8 Å². The fourth-order valence-electron chi connectivity index (χ4n) is 2.48. The fourth-order valence-corrected chi connectivity index (χ4v) is 2.48. The Morgan fingerprint density at radius 3 is 2.75 bits per heavy atom. The molecule has 20 heavy (non-hydrogen) atoms. The summed E-state index contributed by atoms with van der Waals surface area (Å²) in [5, 5.41) is 0. The Morgan fingerprint density at radius 1 is 1.20 bits per heavy atom. The minimum Gasteiger partial charge on any atom is -0.497 e. The second kappa shape index (κ2) is 4.89. The molecule has 0 bridgehead atoms. The average Bonchev–Trinajstić information content (AvgIpc) is 2.81. The van der Waals surface area contributed by atoms with Crippen LogP contribution >= 0.6 is 0 Å². The number of imidazole rings is 1. The van der Waals surface area contributed by atoms with Crippen molar-refractivity contribution in [1.82, 2.24) is 9.55 Å². The molecule has 3 rings (SSSR count). The standard InChI is InChI=1S/C16H17N3O/c1-3-11-6-4-5-7-14(11)19-15-10-12(20-2)8-9-13(15)18-16(19)17/h4-10H,3H2,1-2H3,(H2,17,18). The van der Waals surface area contributed by atoms with Gasteiger partial charge in [0.15, 0.2) is 0 Å². The lowest BCUT2D eigenvalue weighted by atomic mass is 10.1. The molecule has 2 N–H and O–H groups in total. The van der Waals surface area contributed by atoms with E-state index in [0.29, 0.717) is 5.95 Å². The van der Waals surface area contributed by atoms with Crippen LogP contribution in [0.3, 0.4) is 0 Å². The molecule has 0 spiro atoms. The van der Waals surface area contributed by atoms with Crippen molar-refractivity contribution in [1.29, 1.82) is 0 Å². The van der Waals surface area contributed by atoms with E-state index in [4.69, 9.17) is 10.5 Å². The molecule has 0 unspecified atom stereocenters. The number of para-hydroxylation sites is 1. The van der Waals surface area contributed by atoms with E-state index < -0.39 is 0 Å². The monoisotopic (exact) mass is 267 g/mol. The van der Waals surface area contributed by atoms with Gasteiger partial charge in [0.25, 0.3) is 0 Å². The van der Waals surface area contributed by atoms with Crippen LogP contribution in [0.2, 0.25) is 0 Å². The van der Waals surface area contributed by atoms with Gasteiger partial charge in [-0.3, -0.25) is 4.57 Å². The summed E-state index contributed by atoms with van der Waals surface area (Å²) in [6.07, 6.45) is 0.944. The van der Waals surface area contributed by atoms with E-state index in [1.165, 1.54) is 5.56 Å². The Hall–Kier alpha value is -2.49. The van der Waals surface area contributed by atoms with Gasteiger partial charge in [0.2, 0.25) is 5.95 Å². The number of methoxy groups -OCH3 is 1. The highest BCUT2D eigenvalue weighted by Crippen LogP contribution is 2.28. The number of rotatable bonds is 3. The van der Waals surface area contributed by atoms with E-state index in [0.717, 1.165) is 28.9 Å². The first-order valence-corrected chi connectivity index (χ1v) is 6.65. The summed E-state index contributed by atoms with van der Waals surface area (Å²) < 4.78 is 7.28. The van der Waals surface area contributed by atoms with Gasteiger partial charge in [0, 0.05) is 6.07 Å². The van der Waals surface area contributed by atoms with Gasteiger partial charge >= 0.3 is 0 Å². The lowest BCUT2D eigenvalue weighted by molar-refractivity contribution is 0.415. The summed E-state index contributed by atoms with van der Waals surface area (Å²) in [6, 6.07) is 14.0. The third kappa shape index (κ3) is 1.90. The zero-order valence-electron chi connectivity index (χ0n) is 11.6. The lowest BCUT2D eigenvalue weighted by Crippen LogP contribution is -2.03. The quantitative estimate of drug-likeness (QED) is 0.793. The molecule has 1 aromatic heterocycles. The number of hydrogen-bond donors (Lipinski definition) is 1. The zero-order valence-corrected chi connectivity index (χ0v) is 11.6. The summed E-state index contributed by atoms with van der Waals surface area (Å²) in [5.74, 6) is 1.29. The number of nitrogen functional groups attached to an aromatic ring is 1. The molecule has 0 aliphatic rings. The van der Waals surface area contributed by atoms with Crippen LogP contribution in [-0.4, -0.2) is 16.7 Å². The number of hydrogen-bond acceptors (Lipinski definition) is 3. The van der Waals surface area contributed by atoms with Gasteiger partial charge in [-0.1, -0.05) is 25.1 Å². The number of fused-ring (bicyclic) bond motifs is 1. The molecule has 0 saturated carbocycles. The Morgan fingerprint density at radius 2 is 2.00 bits per heavy atom. The van der Waals surface area contributed by atoms with E-state index in [1.807, 2.05) is 34.9 Å². The molecule has 0 atom stereocenters. The van der Waals surface area contributed by atoms with Gasteiger partial charge in [0.05, 0.1) is 23.8 Å². The van der Waals surface area contributed by atoms with Crippen LogP contribution in [0.4, 0.5) is 5.95 Å². The highest BCUT2D eigenvalue weighted by Gasteiger charge is 2.13. The highest BCUT2D eigenvalue weighted by atomic mass is 16.5. The van der Waals surface area contributed by atoms with Crippen molar-refractivity contribution in [2.45, 2.75) is 13.3 Å². The van der Waals surface area contributed by atoms with Crippen LogP contribution in [0.5, 0.6) is 5.75 Å². The minimum absolute atomic E-state index is 0.495. The van der Waals surface area contributed by atoms with E-state index in [2.05, 4.69) is 24.0 Å². The maximum absolute atomic E-state index is 6.11. The van der Waals surface area contributed by atoms with Crippen molar-refractivity contribution in [3.63, 3.8) is 0 Å². The van der Waals surface area contributed by atoms with Crippen LogP contribution in [0.1, 0.15) is 12.5 Å². The third-order valence-corrected chi connectivity index (χ3v) is 3.50. The molecule has 0 radical (unpaired) electrons. The van der Waals surface area contributed by atoms with Crippen molar-refractivity contribution in [2.24, 2.45) is 0 Å². The van der Waals surface area contributed by atoms with Crippen molar-refractivity contribution in [3.05, 3.63) is 48.0 Å². The van der Waals surface area contributed by atoms with Gasteiger partial charge < -0.3 is 10.5 Å². The first-order valence-electron chi connectivity index (χ1n) is 6.65. The maximum atomic E-state index is 6.11. The third-order valence-electron chi connectivity index (χ3n) is 3.50. The zero-order chi connectivity index (χ0) is 14.1. The Kier molecular flexibility index (Phi) is 3.06. The second-order valence-corrected chi connectivity index (χ2v) is 4.64. The van der Waals surface area contributed by atoms with Crippen molar-refractivity contribution >= 4 is 17.0 Å².